The lowest BCUT2D eigenvalue weighted by Crippen LogP contribution is -2.39. The van der Waals surface area contributed by atoms with Crippen LogP contribution in [0.5, 0.6) is 0 Å². The Labute approximate surface area is 153 Å². The molecule has 1 unspecified atom stereocenters. The predicted octanol–water partition coefficient (Wildman–Crippen LogP) is 3.81. The van der Waals surface area contributed by atoms with E-state index in [1.165, 1.54) is 5.56 Å². The smallest absolute Gasteiger partial charge is 0.191 e. The second-order valence-electron chi connectivity index (χ2n) is 5.67. The first-order valence-electron chi connectivity index (χ1n) is 7.91. The average Bonchev–Trinajstić information content (AvgIpc) is 2.95. The minimum Gasteiger partial charge on any atom is -0.356 e. The van der Waals surface area contributed by atoms with Gasteiger partial charge in [0, 0.05) is 36.4 Å². The molecule has 0 radical (unpaired) electrons. The second kappa shape index (κ2) is 8.94. The summed E-state index contributed by atoms with van der Waals surface area (Å²) >= 11 is 12.2. The topological polar surface area (TPSA) is 54.2 Å². The van der Waals surface area contributed by atoms with E-state index in [0.717, 1.165) is 31.0 Å². The van der Waals surface area contributed by atoms with E-state index in [2.05, 4.69) is 20.7 Å². The number of nitrogens with zero attached hydrogens (tertiary/aromatic N) is 3. The molecule has 130 valence electrons. The number of aryl methyl sites for hydroxylation is 2. The van der Waals surface area contributed by atoms with Crippen LogP contribution in [0.25, 0.3) is 0 Å². The summed E-state index contributed by atoms with van der Waals surface area (Å²) in [6.07, 6.45) is 4.86. The van der Waals surface area contributed by atoms with Gasteiger partial charge in [-0.25, -0.2) is 0 Å². The summed E-state index contributed by atoms with van der Waals surface area (Å²) < 4.78 is 1.95. The van der Waals surface area contributed by atoms with Gasteiger partial charge in [0.2, 0.25) is 0 Å². The summed E-state index contributed by atoms with van der Waals surface area (Å²) in [6.45, 7) is 5.75. The molecule has 2 rings (SSSR count). The van der Waals surface area contributed by atoms with E-state index >= 15 is 0 Å². The second-order valence-corrected chi connectivity index (χ2v) is 6.51. The molecular weight excluding hydrogens is 345 g/mol. The third-order valence-electron chi connectivity index (χ3n) is 3.62. The molecule has 24 heavy (non-hydrogen) atoms. The Morgan fingerprint density at radius 1 is 1.38 bits per heavy atom. The monoisotopic (exact) mass is 367 g/mol. The van der Waals surface area contributed by atoms with Gasteiger partial charge in [-0.15, -0.1) is 0 Å². The zero-order valence-corrected chi connectivity index (χ0v) is 15.7. The maximum Gasteiger partial charge on any atom is 0.191 e. The molecule has 0 saturated carbocycles. The number of halogens is 2. The average molecular weight is 368 g/mol. The van der Waals surface area contributed by atoms with Crippen LogP contribution >= 0.6 is 23.2 Å². The van der Waals surface area contributed by atoms with Crippen LogP contribution in [0.1, 0.15) is 30.5 Å². The van der Waals surface area contributed by atoms with E-state index in [4.69, 9.17) is 23.2 Å². The third kappa shape index (κ3) is 5.42. The minimum absolute atomic E-state index is 0.0229. The SMILES string of the molecule is CN=C(NCCCn1cc(C)cn1)NC(C)c1ccc(Cl)cc1Cl. The van der Waals surface area contributed by atoms with Gasteiger partial charge in [0.05, 0.1) is 12.2 Å². The molecule has 0 amide bonds. The Bertz CT molecular complexity index is 696. The lowest BCUT2D eigenvalue weighted by Gasteiger charge is -2.19. The largest absolute Gasteiger partial charge is 0.356 e. The van der Waals surface area contributed by atoms with Crippen LogP contribution in [0.4, 0.5) is 0 Å². The molecule has 0 bridgehead atoms. The van der Waals surface area contributed by atoms with Crippen molar-refractivity contribution in [3.8, 4) is 0 Å². The summed E-state index contributed by atoms with van der Waals surface area (Å²) in [6, 6.07) is 5.53. The molecule has 0 fully saturated rings. The van der Waals surface area contributed by atoms with Crippen LogP contribution in [0, 0.1) is 6.92 Å². The van der Waals surface area contributed by atoms with Crippen LogP contribution in [-0.4, -0.2) is 29.3 Å². The minimum atomic E-state index is 0.0229. The molecule has 0 aliphatic carbocycles. The summed E-state index contributed by atoms with van der Waals surface area (Å²) in [5, 5.41) is 12.2. The van der Waals surface area contributed by atoms with Gasteiger partial charge < -0.3 is 10.6 Å². The Morgan fingerprint density at radius 2 is 2.17 bits per heavy atom. The van der Waals surface area contributed by atoms with Crippen LogP contribution in [-0.2, 0) is 6.54 Å². The first-order valence-corrected chi connectivity index (χ1v) is 8.66. The highest BCUT2D eigenvalue weighted by atomic mass is 35.5. The molecule has 5 nitrogen and oxygen atoms in total. The summed E-state index contributed by atoms with van der Waals surface area (Å²) in [4.78, 5) is 4.25. The third-order valence-corrected chi connectivity index (χ3v) is 4.19. The first-order chi connectivity index (χ1) is 11.5. The highest BCUT2D eigenvalue weighted by molar-refractivity contribution is 6.35. The number of hydrogen-bond acceptors (Lipinski definition) is 2. The normalized spacial score (nSPS) is 13.0. The van der Waals surface area contributed by atoms with Crippen LogP contribution in [0.3, 0.4) is 0 Å². The highest BCUT2D eigenvalue weighted by Gasteiger charge is 2.11. The van der Waals surface area contributed by atoms with E-state index in [0.29, 0.717) is 10.0 Å². The van der Waals surface area contributed by atoms with Gasteiger partial charge in [0.1, 0.15) is 0 Å². The Morgan fingerprint density at radius 3 is 2.79 bits per heavy atom. The fourth-order valence-electron chi connectivity index (χ4n) is 2.37. The number of aromatic nitrogens is 2. The van der Waals surface area contributed by atoms with Crippen LogP contribution in [0.15, 0.2) is 35.6 Å². The molecule has 2 N–H and O–H groups in total. The molecule has 1 aromatic carbocycles. The van der Waals surface area contributed by atoms with Gasteiger partial charge in [0.25, 0.3) is 0 Å². The lowest BCUT2D eigenvalue weighted by molar-refractivity contribution is 0.567. The van der Waals surface area contributed by atoms with Crippen LogP contribution < -0.4 is 10.6 Å². The molecule has 2 aromatic rings. The Balaban J connectivity index is 1.81. The fourth-order valence-corrected chi connectivity index (χ4v) is 2.94. The maximum atomic E-state index is 6.25. The van der Waals surface area contributed by atoms with Gasteiger partial charge in [-0.1, -0.05) is 29.3 Å². The van der Waals surface area contributed by atoms with Gasteiger partial charge in [-0.2, -0.15) is 5.10 Å². The number of rotatable bonds is 6. The molecule has 0 spiro atoms. The summed E-state index contributed by atoms with van der Waals surface area (Å²) in [7, 11) is 1.75. The number of hydrogen-bond donors (Lipinski definition) is 2. The predicted molar refractivity (Wildman–Crippen MR) is 101 cm³/mol. The van der Waals surface area contributed by atoms with Gasteiger partial charge in [-0.05, 0) is 43.5 Å². The van der Waals surface area contributed by atoms with E-state index in [1.54, 1.807) is 13.1 Å². The van der Waals surface area contributed by atoms with Gasteiger partial charge in [0.15, 0.2) is 5.96 Å². The maximum absolute atomic E-state index is 6.25. The zero-order valence-electron chi connectivity index (χ0n) is 14.2. The molecule has 1 atom stereocenters. The van der Waals surface area contributed by atoms with Crippen molar-refractivity contribution in [2.75, 3.05) is 13.6 Å². The lowest BCUT2D eigenvalue weighted by atomic mass is 10.1. The molecule has 0 aliphatic heterocycles. The molecule has 1 heterocycles. The zero-order chi connectivity index (χ0) is 17.5. The molecular formula is C17H23Cl2N5. The van der Waals surface area contributed by atoms with E-state index in [1.807, 2.05) is 43.1 Å². The number of guanidine groups is 1. The van der Waals surface area contributed by atoms with Gasteiger partial charge in [-0.3, -0.25) is 9.67 Å². The van der Waals surface area contributed by atoms with Crippen molar-refractivity contribution in [3.05, 3.63) is 51.8 Å². The highest BCUT2D eigenvalue weighted by Crippen LogP contribution is 2.25. The summed E-state index contributed by atoms with van der Waals surface area (Å²) in [5.74, 6) is 0.741. The van der Waals surface area contributed by atoms with E-state index in [-0.39, 0.29) is 6.04 Å². The van der Waals surface area contributed by atoms with Crippen molar-refractivity contribution in [2.24, 2.45) is 4.99 Å². The summed E-state index contributed by atoms with van der Waals surface area (Å²) in [5.41, 5.74) is 2.16. The van der Waals surface area contributed by atoms with E-state index < -0.39 is 0 Å². The van der Waals surface area contributed by atoms with Crippen molar-refractivity contribution in [1.82, 2.24) is 20.4 Å². The van der Waals surface area contributed by atoms with Crippen molar-refractivity contribution in [3.63, 3.8) is 0 Å². The van der Waals surface area contributed by atoms with Crippen molar-refractivity contribution < 1.29 is 0 Å². The quantitative estimate of drug-likeness (QED) is 0.463. The molecule has 0 aliphatic rings. The fraction of sp³-hybridized carbons (Fsp3) is 0.412. The van der Waals surface area contributed by atoms with E-state index in [9.17, 15) is 0 Å². The Hall–Kier alpha value is -1.72. The standard InChI is InChI=1S/C17H23Cl2N5/c1-12-10-22-24(11-12)8-4-7-21-17(20-3)23-13(2)15-6-5-14(18)9-16(15)19/h5-6,9-11,13H,4,7-8H2,1-3H3,(H2,20,21,23). The molecule has 1 aromatic heterocycles. The molecule has 0 saturated heterocycles. The number of aliphatic imine (C=N–C) groups is 1. The Kier molecular flexibility index (Phi) is 6.94. The number of nitrogens with one attached hydrogen (secondary N) is 2. The molecule has 7 heteroatoms. The van der Waals surface area contributed by atoms with Crippen molar-refractivity contribution in [1.29, 1.82) is 0 Å². The number of benzene rings is 1. The van der Waals surface area contributed by atoms with Gasteiger partial charge >= 0.3 is 0 Å². The van der Waals surface area contributed by atoms with Crippen molar-refractivity contribution in [2.45, 2.75) is 32.9 Å². The van der Waals surface area contributed by atoms with Crippen molar-refractivity contribution >= 4 is 29.2 Å². The first kappa shape index (κ1) is 18.6. The van der Waals surface area contributed by atoms with Crippen LogP contribution in [0.2, 0.25) is 10.0 Å².